The van der Waals surface area contributed by atoms with Crippen molar-refractivity contribution < 1.29 is 35.4 Å². The summed E-state index contributed by atoms with van der Waals surface area (Å²) >= 11 is 0. The molecule has 7 heteroatoms. The van der Waals surface area contributed by atoms with E-state index in [9.17, 15) is 4.79 Å². The third-order valence-corrected chi connectivity index (χ3v) is 1.30. The molecule has 0 fully saturated rings. The molecule has 0 aromatic rings. The third-order valence-electron chi connectivity index (χ3n) is 1.30. The van der Waals surface area contributed by atoms with Crippen LogP contribution in [0.15, 0.2) is 0 Å². The van der Waals surface area contributed by atoms with Gasteiger partial charge >= 0.3 is 5.97 Å². The number of hydrogen-bond acceptors (Lipinski definition) is 6. The van der Waals surface area contributed by atoms with Crippen molar-refractivity contribution in [2.24, 2.45) is 0 Å². The van der Waals surface area contributed by atoms with Gasteiger partial charge in [-0.05, 0) is 0 Å². The summed E-state index contributed by atoms with van der Waals surface area (Å²) in [6, 6.07) is 0. The lowest BCUT2D eigenvalue weighted by atomic mass is 10.0. The number of aliphatic carboxylic acids is 1. The van der Waals surface area contributed by atoms with Gasteiger partial charge in [-0.1, -0.05) is 0 Å². The minimum Gasteiger partial charge on any atom is -0.479 e. The molecule has 0 heterocycles. The van der Waals surface area contributed by atoms with Crippen molar-refractivity contribution in [3.05, 3.63) is 0 Å². The molecule has 7 nitrogen and oxygen atoms in total. The number of carboxylic acids is 1. The van der Waals surface area contributed by atoms with E-state index in [2.05, 4.69) is 0 Å². The van der Waals surface area contributed by atoms with Crippen molar-refractivity contribution in [3.63, 3.8) is 0 Å². The summed E-state index contributed by atoms with van der Waals surface area (Å²) < 4.78 is 0. The summed E-state index contributed by atoms with van der Waals surface area (Å²) in [5, 5.41) is 51.0. The Balaban J connectivity index is 4.48. The Morgan fingerprint density at radius 3 is 2.00 bits per heavy atom. The smallest absolute Gasteiger partial charge is 0.338 e. The van der Waals surface area contributed by atoms with Gasteiger partial charge in [0.15, 0.2) is 0 Å². The zero-order valence-electron chi connectivity index (χ0n) is 5.95. The Bertz CT molecular complexity index is 165. The maximum absolute atomic E-state index is 10.0. The Hall–Kier alpha value is -0.730. The Labute approximate surface area is 67.1 Å². The van der Waals surface area contributed by atoms with Crippen molar-refractivity contribution in [3.8, 4) is 0 Å². The van der Waals surface area contributed by atoms with Gasteiger partial charge in [0.25, 0.3) is 0 Å². The molecule has 0 saturated heterocycles. The lowest BCUT2D eigenvalue weighted by Crippen LogP contribution is -2.56. The summed E-state index contributed by atoms with van der Waals surface area (Å²) in [4.78, 5) is 10.0. The van der Waals surface area contributed by atoms with E-state index in [4.69, 9.17) is 30.6 Å². The Kier molecular flexibility index (Phi) is 3.55. The van der Waals surface area contributed by atoms with Crippen LogP contribution < -0.4 is 0 Å². The largest absolute Gasteiger partial charge is 0.479 e. The van der Waals surface area contributed by atoms with Crippen LogP contribution in [0.2, 0.25) is 0 Å². The number of aliphatic hydroxyl groups is 5. The van der Waals surface area contributed by atoms with E-state index in [0.717, 1.165) is 0 Å². The van der Waals surface area contributed by atoms with Gasteiger partial charge in [0.2, 0.25) is 11.9 Å². The molecule has 2 unspecified atom stereocenters. The average Bonchev–Trinajstić information content (AvgIpc) is 2.01. The maximum atomic E-state index is 10.0. The van der Waals surface area contributed by atoms with Gasteiger partial charge in [0, 0.05) is 0 Å². The third kappa shape index (κ3) is 2.13. The number of hydrogen-bond donors (Lipinski definition) is 6. The second kappa shape index (κ2) is 3.78. The van der Waals surface area contributed by atoms with Crippen LogP contribution in [0.25, 0.3) is 0 Å². The molecule has 0 aliphatic carbocycles. The second-order valence-corrected chi connectivity index (χ2v) is 2.22. The van der Waals surface area contributed by atoms with Crippen LogP contribution in [0.3, 0.4) is 0 Å². The van der Waals surface area contributed by atoms with Crippen LogP contribution >= 0.6 is 0 Å². The minimum absolute atomic E-state index is 1.07. The van der Waals surface area contributed by atoms with E-state index in [0.29, 0.717) is 0 Å². The standard InChI is InChI=1S/C5H10O7/c6-1-2(7)5(11,12)3(8)4(9)10/h2-3,6-8,11-12H,1H2,(H,9,10). The van der Waals surface area contributed by atoms with Gasteiger partial charge in [0.05, 0.1) is 6.61 Å². The second-order valence-electron chi connectivity index (χ2n) is 2.22. The normalized spacial score (nSPS) is 17.1. The molecule has 2 atom stereocenters. The average molecular weight is 182 g/mol. The molecule has 0 aromatic heterocycles. The van der Waals surface area contributed by atoms with Gasteiger partial charge < -0.3 is 30.6 Å². The molecular weight excluding hydrogens is 172 g/mol. The predicted molar refractivity (Wildman–Crippen MR) is 33.9 cm³/mol. The minimum atomic E-state index is -3.25. The molecule has 12 heavy (non-hydrogen) atoms. The topological polar surface area (TPSA) is 138 Å². The first-order valence-electron chi connectivity index (χ1n) is 2.98. The molecule has 0 amide bonds. The zero-order chi connectivity index (χ0) is 9.94. The number of rotatable bonds is 4. The quantitative estimate of drug-likeness (QED) is 0.247. The van der Waals surface area contributed by atoms with E-state index in [1.54, 1.807) is 0 Å². The van der Waals surface area contributed by atoms with Crippen molar-refractivity contribution in [1.29, 1.82) is 0 Å². The molecule has 0 radical (unpaired) electrons. The molecule has 0 aliphatic rings. The van der Waals surface area contributed by atoms with E-state index in [1.807, 2.05) is 0 Å². The number of carbonyl (C=O) groups is 1. The molecule has 72 valence electrons. The molecule has 0 saturated carbocycles. The van der Waals surface area contributed by atoms with Crippen molar-refractivity contribution in [2.75, 3.05) is 6.61 Å². The summed E-state index contributed by atoms with van der Waals surface area (Å²) in [6.07, 6.45) is -4.71. The number of aliphatic hydroxyl groups excluding tert-OH is 3. The van der Waals surface area contributed by atoms with Gasteiger partial charge in [-0.15, -0.1) is 0 Å². The number of carboxylic acid groups (broad SMARTS) is 1. The molecular formula is C5H10O7. The molecule has 0 aromatic carbocycles. The van der Waals surface area contributed by atoms with Crippen molar-refractivity contribution >= 4 is 5.97 Å². The Morgan fingerprint density at radius 1 is 1.33 bits per heavy atom. The zero-order valence-corrected chi connectivity index (χ0v) is 5.95. The summed E-state index contributed by atoms with van der Waals surface area (Å²) in [5.74, 6) is -5.16. The lowest BCUT2D eigenvalue weighted by Gasteiger charge is -2.28. The summed E-state index contributed by atoms with van der Waals surface area (Å²) in [6.45, 7) is -1.07. The Morgan fingerprint density at radius 2 is 1.75 bits per heavy atom. The van der Waals surface area contributed by atoms with Crippen molar-refractivity contribution in [2.45, 2.75) is 18.0 Å². The van der Waals surface area contributed by atoms with E-state index >= 15 is 0 Å². The highest BCUT2D eigenvalue weighted by atomic mass is 16.6. The van der Waals surface area contributed by atoms with Gasteiger partial charge in [-0.25, -0.2) is 4.79 Å². The maximum Gasteiger partial charge on any atom is 0.338 e. The molecule has 0 rings (SSSR count). The molecule has 0 aliphatic heterocycles. The van der Waals surface area contributed by atoms with E-state index in [-0.39, 0.29) is 0 Å². The summed E-state index contributed by atoms with van der Waals surface area (Å²) in [5.41, 5.74) is 0. The van der Waals surface area contributed by atoms with E-state index in [1.165, 1.54) is 0 Å². The first-order valence-corrected chi connectivity index (χ1v) is 2.98. The highest BCUT2D eigenvalue weighted by Crippen LogP contribution is 2.12. The SMILES string of the molecule is O=C(O)C(O)C(O)(O)C(O)CO. The lowest BCUT2D eigenvalue weighted by molar-refractivity contribution is -0.277. The van der Waals surface area contributed by atoms with Crippen molar-refractivity contribution in [1.82, 2.24) is 0 Å². The van der Waals surface area contributed by atoms with Gasteiger partial charge in [0.1, 0.15) is 6.10 Å². The van der Waals surface area contributed by atoms with Crippen LogP contribution in [0, 0.1) is 0 Å². The highest BCUT2D eigenvalue weighted by Gasteiger charge is 2.44. The fourth-order valence-electron chi connectivity index (χ4n) is 0.498. The van der Waals surface area contributed by atoms with E-state index < -0.39 is 30.6 Å². The van der Waals surface area contributed by atoms with Crippen LogP contribution in [-0.2, 0) is 4.79 Å². The van der Waals surface area contributed by atoms with Gasteiger partial charge in [-0.2, -0.15) is 0 Å². The van der Waals surface area contributed by atoms with Crippen LogP contribution in [0.5, 0.6) is 0 Å². The highest BCUT2D eigenvalue weighted by molar-refractivity contribution is 5.73. The van der Waals surface area contributed by atoms with Crippen LogP contribution in [0.1, 0.15) is 0 Å². The summed E-state index contributed by atoms with van der Waals surface area (Å²) in [7, 11) is 0. The fourth-order valence-corrected chi connectivity index (χ4v) is 0.498. The molecule has 6 N–H and O–H groups in total. The molecule has 0 spiro atoms. The van der Waals surface area contributed by atoms with Crippen LogP contribution in [0.4, 0.5) is 0 Å². The molecule has 0 bridgehead atoms. The van der Waals surface area contributed by atoms with Crippen LogP contribution in [-0.4, -0.2) is 61.2 Å². The monoisotopic (exact) mass is 182 g/mol. The first kappa shape index (κ1) is 11.3. The fraction of sp³-hybridized carbons (Fsp3) is 0.800. The van der Waals surface area contributed by atoms with Gasteiger partial charge in [-0.3, -0.25) is 0 Å². The first-order chi connectivity index (χ1) is 5.34. The predicted octanol–water partition coefficient (Wildman–Crippen LogP) is -3.53.